The van der Waals surface area contributed by atoms with E-state index in [1.807, 2.05) is 36.4 Å². The molecule has 0 aliphatic heterocycles. The highest BCUT2D eigenvalue weighted by Gasteiger charge is 2.15. The summed E-state index contributed by atoms with van der Waals surface area (Å²) in [6.07, 6.45) is 3.59. The van der Waals surface area contributed by atoms with E-state index in [1.165, 1.54) is 21.8 Å². The van der Waals surface area contributed by atoms with E-state index in [-0.39, 0.29) is 0 Å². The Kier molecular flexibility index (Phi) is 5.56. The first-order valence-electron chi connectivity index (χ1n) is 12.4. The zero-order chi connectivity index (χ0) is 25.5. The molecule has 0 N–H and O–H groups in total. The van der Waals surface area contributed by atoms with E-state index in [9.17, 15) is 0 Å². The van der Waals surface area contributed by atoms with Crippen molar-refractivity contribution in [2.45, 2.75) is 0 Å². The molecule has 0 fully saturated rings. The van der Waals surface area contributed by atoms with Crippen LogP contribution in [0.1, 0.15) is 0 Å². The van der Waals surface area contributed by atoms with Crippen molar-refractivity contribution in [3.63, 3.8) is 0 Å². The minimum atomic E-state index is 0.819. The SMILES string of the molecule is Brc1cccc2c3ccccc3n(-c3ccc(-c4cc(-c5ccccn5)nc(-c5ccccn5)c4)cc3)c12. The Bertz CT molecular complexity index is 1850. The van der Waals surface area contributed by atoms with E-state index < -0.39 is 0 Å². The van der Waals surface area contributed by atoms with Crippen molar-refractivity contribution in [2.24, 2.45) is 0 Å². The van der Waals surface area contributed by atoms with E-state index >= 15 is 0 Å². The van der Waals surface area contributed by atoms with Crippen molar-refractivity contribution in [3.8, 4) is 39.6 Å². The van der Waals surface area contributed by atoms with Crippen LogP contribution in [0.2, 0.25) is 0 Å². The van der Waals surface area contributed by atoms with Crippen LogP contribution in [-0.2, 0) is 0 Å². The molecular weight excluding hydrogens is 532 g/mol. The Morgan fingerprint density at radius 2 is 1.16 bits per heavy atom. The van der Waals surface area contributed by atoms with Crippen molar-refractivity contribution in [2.75, 3.05) is 0 Å². The lowest BCUT2D eigenvalue weighted by molar-refractivity contribution is 1.18. The van der Waals surface area contributed by atoms with Crippen LogP contribution in [0.25, 0.3) is 61.4 Å². The molecule has 4 nitrogen and oxygen atoms in total. The van der Waals surface area contributed by atoms with Gasteiger partial charge >= 0.3 is 0 Å². The summed E-state index contributed by atoms with van der Waals surface area (Å²) < 4.78 is 3.40. The number of benzene rings is 3. The summed E-state index contributed by atoms with van der Waals surface area (Å²) >= 11 is 3.79. The first kappa shape index (κ1) is 22.6. The first-order chi connectivity index (χ1) is 18.8. The molecule has 4 heterocycles. The average molecular weight is 553 g/mol. The lowest BCUT2D eigenvalue weighted by atomic mass is 10.0. The number of aromatic nitrogens is 4. The van der Waals surface area contributed by atoms with Crippen molar-refractivity contribution in [1.29, 1.82) is 0 Å². The van der Waals surface area contributed by atoms with Gasteiger partial charge in [-0.25, -0.2) is 4.98 Å². The van der Waals surface area contributed by atoms with Gasteiger partial charge in [-0.15, -0.1) is 0 Å². The molecule has 0 unspecified atom stereocenters. The van der Waals surface area contributed by atoms with Crippen LogP contribution in [0.3, 0.4) is 0 Å². The summed E-state index contributed by atoms with van der Waals surface area (Å²) in [7, 11) is 0. The summed E-state index contributed by atoms with van der Waals surface area (Å²) in [5.74, 6) is 0. The fourth-order valence-corrected chi connectivity index (χ4v) is 5.58. The van der Waals surface area contributed by atoms with Gasteiger partial charge in [-0.1, -0.05) is 54.6 Å². The normalized spacial score (nSPS) is 11.3. The molecule has 5 heteroatoms. The fraction of sp³-hybridized carbons (Fsp3) is 0. The number of hydrogen-bond acceptors (Lipinski definition) is 3. The van der Waals surface area contributed by atoms with Gasteiger partial charge < -0.3 is 4.57 Å². The van der Waals surface area contributed by atoms with Crippen LogP contribution < -0.4 is 0 Å². The lowest BCUT2D eigenvalue weighted by Gasteiger charge is -2.12. The second kappa shape index (κ2) is 9.36. The minimum Gasteiger partial charge on any atom is -0.308 e. The summed E-state index contributed by atoms with van der Waals surface area (Å²) in [6.45, 7) is 0. The van der Waals surface area contributed by atoms with Crippen LogP contribution in [0.5, 0.6) is 0 Å². The van der Waals surface area contributed by atoms with E-state index in [0.29, 0.717) is 0 Å². The highest BCUT2D eigenvalue weighted by atomic mass is 79.9. The van der Waals surface area contributed by atoms with E-state index in [2.05, 4.69) is 109 Å². The fourth-order valence-electron chi connectivity index (χ4n) is 5.04. The third-order valence-corrected chi connectivity index (χ3v) is 7.42. The van der Waals surface area contributed by atoms with Crippen molar-refractivity contribution in [1.82, 2.24) is 19.5 Å². The van der Waals surface area contributed by atoms with Crippen molar-refractivity contribution >= 4 is 37.7 Å². The molecule has 4 aromatic heterocycles. The Morgan fingerprint density at radius 3 is 1.82 bits per heavy atom. The number of halogens is 1. The van der Waals surface area contributed by atoms with Gasteiger partial charge in [0.15, 0.2) is 0 Å². The molecule has 0 amide bonds. The van der Waals surface area contributed by atoms with E-state index in [4.69, 9.17) is 4.98 Å². The maximum Gasteiger partial charge on any atom is 0.0900 e. The predicted octanol–water partition coefficient (Wildman–Crippen LogP) is 8.73. The average Bonchev–Trinajstić information content (AvgIpc) is 3.34. The largest absolute Gasteiger partial charge is 0.308 e. The summed E-state index contributed by atoms with van der Waals surface area (Å²) in [5.41, 5.74) is 8.92. The van der Waals surface area contributed by atoms with Crippen LogP contribution >= 0.6 is 15.9 Å². The van der Waals surface area contributed by atoms with Gasteiger partial charge in [0.2, 0.25) is 0 Å². The smallest absolute Gasteiger partial charge is 0.0900 e. The number of nitrogens with zero attached hydrogens (tertiary/aromatic N) is 4. The van der Waals surface area contributed by atoms with Gasteiger partial charge in [-0.05, 0) is 87.7 Å². The summed E-state index contributed by atoms with van der Waals surface area (Å²) in [4.78, 5) is 14.0. The van der Waals surface area contributed by atoms with Crippen LogP contribution in [0.15, 0.2) is 132 Å². The molecule has 0 saturated carbocycles. The second-order valence-corrected chi connectivity index (χ2v) is 9.95. The highest BCUT2D eigenvalue weighted by Crippen LogP contribution is 2.37. The molecule has 0 spiro atoms. The van der Waals surface area contributed by atoms with Gasteiger partial charge in [0.25, 0.3) is 0 Å². The molecule has 0 bridgehead atoms. The standard InChI is InChI=1S/C33H21BrN4/c34-27-10-7-9-26-25-8-1-2-13-32(25)38(33(26)27)24-16-14-22(15-17-24)23-20-30(28-11-3-5-18-35-28)37-31(21-23)29-12-4-6-19-36-29/h1-21H. The van der Waals surface area contributed by atoms with Gasteiger partial charge in [0.1, 0.15) is 0 Å². The Balaban J connectivity index is 1.38. The zero-order valence-electron chi connectivity index (χ0n) is 20.3. The number of pyridine rings is 3. The monoisotopic (exact) mass is 552 g/mol. The van der Waals surface area contributed by atoms with Crippen LogP contribution in [-0.4, -0.2) is 19.5 Å². The molecule has 180 valence electrons. The Hall–Kier alpha value is -4.61. The van der Waals surface area contributed by atoms with Crippen molar-refractivity contribution < 1.29 is 0 Å². The molecule has 0 atom stereocenters. The quantitative estimate of drug-likeness (QED) is 0.219. The van der Waals surface area contributed by atoms with Crippen molar-refractivity contribution in [3.05, 3.63) is 132 Å². The zero-order valence-corrected chi connectivity index (χ0v) is 21.9. The molecule has 0 saturated heterocycles. The molecular formula is C33H21BrN4. The topological polar surface area (TPSA) is 43.6 Å². The van der Waals surface area contributed by atoms with E-state index in [0.717, 1.165) is 44.1 Å². The van der Waals surface area contributed by atoms with Crippen LogP contribution in [0.4, 0.5) is 0 Å². The Labute approximate surface area is 228 Å². The van der Waals surface area contributed by atoms with Gasteiger partial charge in [-0.3, -0.25) is 9.97 Å². The molecule has 7 rings (SSSR count). The Morgan fingerprint density at radius 1 is 0.526 bits per heavy atom. The molecule has 3 aromatic carbocycles. The second-order valence-electron chi connectivity index (χ2n) is 9.09. The number of para-hydroxylation sites is 2. The third kappa shape index (κ3) is 3.88. The lowest BCUT2D eigenvalue weighted by Crippen LogP contribution is -1.95. The maximum atomic E-state index is 4.90. The highest BCUT2D eigenvalue weighted by molar-refractivity contribution is 9.10. The number of hydrogen-bond donors (Lipinski definition) is 0. The molecule has 0 aliphatic carbocycles. The van der Waals surface area contributed by atoms with Crippen LogP contribution in [0, 0.1) is 0 Å². The molecule has 38 heavy (non-hydrogen) atoms. The van der Waals surface area contributed by atoms with E-state index in [1.54, 1.807) is 12.4 Å². The minimum absolute atomic E-state index is 0.819. The number of fused-ring (bicyclic) bond motifs is 3. The maximum absolute atomic E-state index is 4.90. The molecule has 0 radical (unpaired) electrons. The van der Waals surface area contributed by atoms with Gasteiger partial charge in [0.05, 0.1) is 33.8 Å². The van der Waals surface area contributed by atoms with Gasteiger partial charge in [0, 0.05) is 33.3 Å². The first-order valence-corrected chi connectivity index (χ1v) is 13.2. The summed E-state index contributed by atoms with van der Waals surface area (Å²) in [5, 5.41) is 2.47. The third-order valence-electron chi connectivity index (χ3n) is 6.78. The summed E-state index contributed by atoms with van der Waals surface area (Å²) in [6, 6.07) is 39.6. The predicted molar refractivity (Wildman–Crippen MR) is 158 cm³/mol. The molecule has 7 aromatic rings. The molecule has 0 aliphatic rings. The van der Waals surface area contributed by atoms with Gasteiger partial charge in [-0.2, -0.15) is 0 Å². The number of rotatable bonds is 4.